The summed E-state index contributed by atoms with van der Waals surface area (Å²) in [5, 5.41) is 16.6. The molecule has 1 saturated carbocycles. The first-order chi connectivity index (χ1) is 18.7. The number of aliphatic hydroxyl groups excluding tert-OH is 1. The van der Waals surface area contributed by atoms with E-state index < -0.39 is 28.7 Å². The predicted octanol–water partition coefficient (Wildman–Crippen LogP) is 3.95. The first-order valence-corrected chi connectivity index (χ1v) is 16.1. The van der Waals surface area contributed by atoms with Crippen LogP contribution in [0.4, 0.5) is 5.69 Å². The fraction of sp³-hybridized carbons (Fsp3) is 0.690. The lowest BCUT2D eigenvalue weighted by atomic mass is 9.70. The van der Waals surface area contributed by atoms with Crippen molar-refractivity contribution in [2.75, 3.05) is 18.5 Å². The topological polar surface area (TPSA) is 108 Å². The molecule has 2 bridgehead atoms. The molecule has 10 heteroatoms. The Labute approximate surface area is 243 Å². The van der Waals surface area contributed by atoms with Crippen LogP contribution in [-0.2, 0) is 14.4 Å². The second kappa shape index (κ2) is 11.6. The third kappa shape index (κ3) is 5.10. The zero-order valence-electron chi connectivity index (χ0n) is 22.9. The molecule has 214 valence electrons. The van der Waals surface area contributed by atoms with Gasteiger partial charge in [0.1, 0.15) is 11.8 Å². The van der Waals surface area contributed by atoms with E-state index in [-0.39, 0.29) is 46.4 Å². The first kappa shape index (κ1) is 28.7. The van der Waals surface area contributed by atoms with E-state index in [1.807, 2.05) is 32.9 Å². The SMILES string of the molecule is CCOc1ccc(NC(=O)[C@H]2[C@H]3C(=O)N([C@@H](CO)C(C)C)C(C(=O)NC4CCCCC4)C34CC(Br)[C@@H]2S4)cc1. The second-order valence-corrected chi connectivity index (χ2v) is 14.4. The highest BCUT2D eigenvalue weighted by Gasteiger charge is 2.76. The number of amides is 3. The molecule has 3 aliphatic heterocycles. The summed E-state index contributed by atoms with van der Waals surface area (Å²) >= 11 is 5.44. The molecule has 4 aliphatic rings. The molecule has 3 heterocycles. The Morgan fingerprint density at radius 2 is 1.87 bits per heavy atom. The molecule has 4 fully saturated rings. The minimum Gasteiger partial charge on any atom is -0.494 e. The Bertz CT molecular complexity index is 1080. The number of carbonyl (C=O) groups excluding carboxylic acids is 3. The predicted molar refractivity (Wildman–Crippen MR) is 156 cm³/mol. The van der Waals surface area contributed by atoms with Crippen molar-refractivity contribution in [1.82, 2.24) is 10.2 Å². The van der Waals surface area contributed by atoms with Gasteiger partial charge in [0.05, 0.1) is 35.8 Å². The summed E-state index contributed by atoms with van der Waals surface area (Å²) in [6.45, 7) is 6.17. The van der Waals surface area contributed by atoms with E-state index >= 15 is 0 Å². The van der Waals surface area contributed by atoms with Crippen LogP contribution in [0, 0.1) is 17.8 Å². The highest BCUT2D eigenvalue weighted by molar-refractivity contribution is 9.09. The fourth-order valence-corrected chi connectivity index (χ4v) is 10.8. The maximum Gasteiger partial charge on any atom is 0.244 e. The molecule has 1 aromatic carbocycles. The summed E-state index contributed by atoms with van der Waals surface area (Å²) in [6, 6.07) is 6.10. The van der Waals surface area contributed by atoms with Crippen molar-refractivity contribution < 1.29 is 24.2 Å². The van der Waals surface area contributed by atoms with Crippen LogP contribution >= 0.6 is 27.7 Å². The molecule has 3 unspecified atom stereocenters. The second-order valence-electron chi connectivity index (χ2n) is 11.7. The number of hydrogen-bond donors (Lipinski definition) is 3. The van der Waals surface area contributed by atoms with Crippen LogP contribution in [0.15, 0.2) is 24.3 Å². The van der Waals surface area contributed by atoms with Gasteiger partial charge >= 0.3 is 0 Å². The monoisotopic (exact) mass is 621 g/mol. The molecule has 8 nitrogen and oxygen atoms in total. The summed E-state index contributed by atoms with van der Waals surface area (Å²) in [5.74, 6) is -1.07. The summed E-state index contributed by atoms with van der Waals surface area (Å²) in [6.07, 6.45) is 5.87. The molecule has 3 N–H and O–H groups in total. The van der Waals surface area contributed by atoms with Gasteiger partial charge in [-0.25, -0.2) is 0 Å². The average Bonchev–Trinajstić information content (AvgIpc) is 3.50. The van der Waals surface area contributed by atoms with Gasteiger partial charge in [-0.1, -0.05) is 49.0 Å². The Kier molecular flexibility index (Phi) is 8.55. The van der Waals surface area contributed by atoms with Crippen LogP contribution in [0.3, 0.4) is 0 Å². The average molecular weight is 623 g/mol. The highest BCUT2D eigenvalue weighted by atomic mass is 79.9. The number of nitrogens with zero attached hydrogens (tertiary/aromatic N) is 1. The molecule has 5 rings (SSSR count). The molecular formula is C29H40BrN3O5S. The van der Waals surface area contributed by atoms with Crippen molar-refractivity contribution in [3.8, 4) is 5.75 Å². The van der Waals surface area contributed by atoms with Crippen LogP contribution in [-0.4, -0.2) is 73.9 Å². The van der Waals surface area contributed by atoms with E-state index in [9.17, 15) is 19.5 Å². The molecule has 1 aromatic rings. The summed E-state index contributed by atoms with van der Waals surface area (Å²) in [5.41, 5.74) is 0.640. The lowest BCUT2D eigenvalue weighted by Crippen LogP contribution is -2.59. The van der Waals surface area contributed by atoms with Crippen molar-refractivity contribution in [1.29, 1.82) is 0 Å². The van der Waals surface area contributed by atoms with Crippen LogP contribution in [0.25, 0.3) is 0 Å². The first-order valence-electron chi connectivity index (χ1n) is 14.3. The zero-order valence-corrected chi connectivity index (χ0v) is 25.3. The van der Waals surface area contributed by atoms with Crippen molar-refractivity contribution >= 4 is 51.1 Å². The standard InChI is InChI=1S/C29H40BrN3O5S/c1-4-38-19-12-10-18(11-13-19)31-26(35)22-23-28(37)33(21(15-34)16(2)3)25(29(23)14-20(30)24(22)39-29)27(36)32-17-8-6-5-7-9-17/h10-13,16-17,20-25,34H,4-9,14-15H2,1-3H3,(H,31,35)(H,32,36)/t20?,21-,22-,23-,24-,25?,29?/m0/s1. The maximum atomic E-state index is 14.3. The van der Waals surface area contributed by atoms with E-state index in [4.69, 9.17) is 4.74 Å². The van der Waals surface area contributed by atoms with Crippen molar-refractivity contribution in [2.45, 2.75) is 92.2 Å². The summed E-state index contributed by atoms with van der Waals surface area (Å²) in [7, 11) is 0. The van der Waals surface area contributed by atoms with Crippen LogP contribution in [0.2, 0.25) is 0 Å². The molecule has 0 radical (unpaired) electrons. The number of fused-ring (bicyclic) bond motifs is 1. The molecule has 0 aromatic heterocycles. The number of thioether (sulfide) groups is 1. The van der Waals surface area contributed by atoms with Gasteiger partial charge in [0.2, 0.25) is 17.7 Å². The van der Waals surface area contributed by atoms with E-state index in [1.54, 1.807) is 28.8 Å². The van der Waals surface area contributed by atoms with Crippen LogP contribution < -0.4 is 15.4 Å². The van der Waals surface area contributed by atoms with E-state index in [0.717, 1.165) is 31.4 Å². The number of carbonyl (C=O) groups is 3. The maximum absolute atomic E-state index is 14.3. The summed E-state index contributed by atoms with van der Waals surface area (Å²) < 4.78 is 4.79. The number of anilines is 1. The third-order valence-corrected chi connectivity index (χ3v) is 12.2. The molecule has 1 aliphatic carbocycles. The fourth-order valence-electron chi connectivity index (χ4n) is 7.20. The van der Waals surface area contributed by atoms with Gasteiger partial charge in [0.25, 0.3) is 0 Å². The minimum absolute atomic E-state index is 0.000753. The number of rotatable bonds is 9. The number of nitrogens with one attached hydrogen (secondary N) is 2. The van der Waals surface area contributed by atoms with Gasteiger partial charge in [-0.15, -0.1) is 11.8 Å². The lowest BCUT2D eigenvalue weighted by Gasteiger charge is -2.39. The number of halogens is 1. The number of hydrogen-bond acceptors (Lipinski definition) is 6. The number of benzene rings is 1. The van der Waals surface area contributed by atoms with Gasteiger partial charge in [-0.3, -0.25) is 14.4 Å². The largest absolute Gasteiger partial charge is 0.494 e. The molecule has 3 amide bonds. The normalized spacial score (nSPS) is 32.8. The molecule has 1 spiro atoms. The Morgan fingerprint density at radius 1 is 1.18 bits per heavy atom. The number of likely N-dealkylation sites (tertiary alicyclic amines) is 1. The minimum atomic E-state index is -0.727. The van der Waals surface area contributed by atoms with Crippen molar-refractivity contribution in [3.63, 3.8) is 0 Å². The number of ether oxygens (including phenoxy) is 1. The van der Waals surface area contributed by atoms with Crippen molar-refractivity contribution in [3.05, 3.63) is 24.3 Å². The van der Waals surface area contributed by atoms with Gasteiger partial charge in [-0.05, 0) is 56.4 Å². The third-order valence-electron chi connectivity index (χ3n) is 8.98. The van der Waals surface area contributed by atoms with E-state index in [1.165, 1.54) is 6.42 Å². The van der Waals surface area contributed by atoms with E-state index in [0.29, 0.717) is 18.7 Å². The van der Waals surface area contributed by atoms with Gasteiger partial charge in [0, 0.05) is 21.8 Å². The molecule has 3 saturated heterocycles. The Hall–Kier alpha value is -1.78. The summed E-state index contributed by atoms with van der Waals surface area (Å²) in [4.78, 5) is 43.8. The zero-order chi connectivity index (χ0) is 27.9. The molecule has 7 atom stereocenters. The smallest absolute Gasteiger partial charge is 0.244 e. The van der Waals surface area contributed by atoms with Gasteiger partial charge < -0.3 is 25.4 Å². The highest BCUT2D eigenvalue weighted by Crippen LogP contribution is 2.68. The van der Waals surface area contributed by atoms with Crippen LogP contribution in [0.1, 0.15) is 59.3 Å². The Balaban J connectivity index is 1.46. The lowest BCUT2D eigenvalue weighted by molar-refractivity contribution is -0.143. The number of alkyl halides is 1. The van der Waals surface area contributed by atoms with Crippen LogP contribution in [0.5, 0.6) is 5.75 Å². The van der Waals surface area contributed by atoms with Gasteiger partial charge in [0.15, 0.2) is 0 Å². The molecule has 39 heavy (non-hydrogen) atoms. The molecular weight excluding hydrogens is 582 g/mol. The number of aliphatic hydroxyl groups is 1. The van der Waals surface area contributed by atoms with Crippen molar-refractivity contribution in [2.24, 2.45) is 17.8 Å². The van der Waals surface area contributed by atoms with E-state index in [2.05, 4.69) is 26.6 Å². The van der Waals surface area contributed by atoms with Gasteiger partial charge in [-0.2, -0.15) is 0 Å². The quantitative estimate of drug-likeness (QED) is 0.360. The Morgan fingerprint density at radius 3 is 2.49 bits per heavy atom.